The Morgan fingerprint density at radius 2 is 2.03 bits per heavy atom. The molecule has 0 radical (unpaired) electrons. The van der Waals surface area contributed by atoms with Crippen LogP contribution in [-0.2, 0) is 28.9 Å². The quantitative estimate of drug-likeness (QED) is 0.381. The molecule has 0 fully saturated rings. The van der Waals surface area contributed by atoms with Crippen molar-refractivity contribution in [2.75, 3.05) is 40.0 Å². The molecule has 0 spiro atoms. The molecule has 31 heavy (non-hydrogen) atoms. The summed E-state index contributed by atoms with van der Waals surface area (Å²) in [6, 6.07) is 0. The lowest BCUT2D eigenvalue weighted by Crippen LogP contribution is -2.36. The number of aliphatic hydroxyl groups is 1. The van der Waals surface area contributed by atoms with Crippen molar-refractivity contribution in [3.63, 3.8) is 0 Å². The molecule has 0 aliphatic heterocycles. The summed E-state index contributed by atoms with van der Waals surface area (Å²) in [5.74, 6) is 1.09. The SMILES string of the molecule is COCCCN(Cc1nc2sc3c(c2c(=O)[nH]1)CCCCC3)C[C@H](O)COCC(C)C. The summed E-state index contributed by atoms with van der Waals surface area (Å²) in [5.41, 5.74) is 1.18. The van der Waals surface area contributed by atoms with Crippen molar-refractivity contribution in [3.8, 4) is 0 Å². The highest BCUT2D eigenvalue weighted by molar-refractivity contribution is 7.18. The monoisotopic (exact) mass is 451 g/mol. The molecule has 2 N–H and O–H groups in total. The van der Waals surface area contributed by atoms with Gasteiger partial charge in [-0.05, 0) is 43.6 Å². The highest BCUT2D eigenvalue weighted by Crippen LogP contribution is 2.32. The Balaban J connectivity index is 1.72. The minimum atomic E-state index is -0.588. The van der Waals surface area contributed by atoms with Crippen molar-refractivity contribution in [1.29, 1.82) is 0 Å². The van der Waals surface area contributed by atoms with Crippen molar-refractivity contribution in [3.05, 3.63) is 26.6 Å². The fraction of sp³-hybridized carbons (Fsp3) is 0.739. The maximum Gasteiger partial charge on any atom is 0.259 e. The van der Waals surface area contributed by atoms with Gasteiger partial charge in [-0.3, -0.25) is 9.69 Å². The third-order valence-corrected chi connectivity index (χ3v) is 6.74. The number of thiophene rings is 1. The normalized spacial score (nSPS) is 15.5. The van der Waals surface area contributed by atoms with E-state index in [1.54, 1.807) is 18.4 Å². The number of ether oxygens (including phenoxy) is 2. The van der Waals surface area contributed by atoms with Gasteiger partial charge < -0.3 is 19.6 Å². The molecule has 0 bridgehead atoms. The van der Waals surface area contributed by atoms with Gasteiger partial charge in [0.1, 0.15) is 10.7 Å². The summed E-state index contributed by atoms with van der Waals surface area (Å²) in [5, 5.41) is 11.2. The average Bonchev–Trinajstić information content (AvgIpc) is 2.89. The Bertz CT molecular complexity index is 880. The Morgan fingerprint density at radius 3 is 2.81 bits per heavy atom. The molecule has 1 aliphatic carbocycles. The van der Waals surface area contributed by atoms with Crippen molar-refractivity contribution < 1.29 is 14.6 Å². The van der Waals surface area contributed by atoms with E-state index in [4.69, 9.17) is 14.5 Å². The minimum Gasteiger partial charge on any atom is -0.389 e. The topological polar surface area (TPSA) is 87.7 Å². The number of aromatic nitrogens is 2. The van der Waals surface area contributed by atoms with E-state index >= 15 is 0 Å². The Kier molecular flexibility index (Phi) is 9.47. The van der Waals surface area contributed by atoms with Crippen LogP contribution < -0.4 is 5.56 Å². The summed E-state index contributed by atoms with van der Waals surface area (Å²) in [7, 11) is 1.69. The molecule has 3 rings (SSSR count). The van der Waals surface area contributed by atoms with Crippen LogP contribution in [0.4, 0.5) is 0 Å². The van der Waals surface area contributed by atoms with E-state index in [0.717, 1.165) is 42.4 Å². The second kappa shape index (κ2) is 12.1. The number of aliphatic hydroxyl groups excluding tert-OH is 1. The van der Waals surface area contributed by atoms with Gasteiger partial charge in [-0.1, -0.05) is 20.3 Å². The summed E-state index contributed by atoms with van der Waals surface area (Å²) in [4.78, 5) is 25.0. The van der Waals surface area contributed by atoms with Crippen molar-refractivity contribution in [2.24, 2.45) is 5.92 Å². The van der Waals surface area contributed by atoms with Gasteiger partial charge in [0.15, 0.2) is 0 Å². The van der Waals surface area contributed by atoms with E-state index in [0.29, 0.717) is 44.7 Å². The van der Waals surface area contributed by atoms with Crippen LogP contribution in [-0.4, -0.2) is 66.1 Å². The number of H-pyrrole nitrogens is 1. The highest BCUT2D eigenvalue weighted by atomic mass is 32.1. The maximum absolute atomic E-state index is 12.9. The zero-order valence-electron chi connectivity index (χ0n) is 19.1. The number of nitrogens with zero attached hydrogens (tertiary/aromatic N) is 2. The number of rotatable bonds is 12. The lowest BCUT2D eigenvalue weighted by Gasteiger charge is -2.24. The van der Waals surface area contributed by atoms with E-state index in [1.165, 1.54) is 23.3 Å². The number of aromatic amines is 1. The lowest BCUT2D eigenvalue weighted by atomic mass is 10.1. The first-order valence-electron chi connectivity index (χ1n) is 11.5. The maximum atomic E-state index is 12.9. The number of methoxy groups -OCH3 is 1. The molecule has 7 nitrogen and oxygen atoms in total. The highest BCUT2D eigenvalue weighted by Gasteiger charge is 2.20. The van der Waals surface area contributed by atoms with E-state index in [-0.39, 0.29) is 5.56 Å². The Morgan fingerprint density at radius 1 is 1.23 bits per heavy atom. The molecule has 0 saturated heterocycles. The first kappa shape index (κ1) is 24.3. The number of hydrogen-bond donors (Lipinski definition) is 2. The number of aryl methyl sites for hydroxylation is 2. The number of hydrogen-bond acceptors (Lipinski definition) is 7. The van der Waals surface area contributed by atoms with Crippen LogP contribution in [0, 0.1) is 5.92 Å². The molecule has 2 heterocycles. The molecule has 0 unspecified atom stereocenters. The number of nitrogens with one attached hydrogen (secondary N) is 1. The van der Waals surface area contributed by atoms with Crippen LogP contribution in [0.3, 0.4) is 0 Å². The van der Waals surface area contributed by atoms with Crippen LogP contribution in [0.15, 0.2) is 4.79 Å². The van der Waals surface area contributed by atoms with Crippen molar-refractivity contribution >= 4 is 21.6 Å². The second-order valence-corrected chi connectivity index (χ2v) is 10.0. The summed E-state index contributed by atoms with van der Waals surface area (Å²) < 4.78 is 10.8. The van der Waals surface area contributed by atoms with Crippen LogP contribution in [0.1, 0.15) is 55.8 Å². The molecule has 2 aromatic rings. The fourth-order valence-electron chi connectivity index (χ4n) is 4.13. The molecule has 2 aromatic heterocycles. The molecular weight excluding hydrogens is 414 g/mol. The van der Waals surface area contributed by atoms with E-state index in [9.17, 15) is 9.90 Å². The first-order valence-corrected chi connectivity index (χ1v) is 12.3. The van der Waals surface area contributed by atoms with Crippen LogP contribution >= 0.6 is 11.3 Å². The van der Waals surface area contributed by atoms with Crippen LogP contribution in [0.2, 0.25) is 0 Å². The lowest BCUT2D eigenvalue weighted by molar-refractivity contribution is 0.00544. The standard InChI is InChI=1S/C23H37N3O4S/c1-16(2)14-30-15-17(27)12-26(10-7-11-29-3)13-20-24-22(28)21-18-8-5-4-6-9-19(18)31-23(21)25-20/h16-17,27H,4-15H2,1-3H3,(H,24,25,28)/t17-/m0/s1. The third kappa shape index (κ3) is 7.08. The van der Waals surface area contributed by atoms with E-state index < -0.39 is 6.10 Å². The Labute approximate surface area is 188 Å². The van der Waals surface area contributed by atoms with Gasteiger partial charge >= 0.3 is 0 Å². The predicted octanol–water partition coefficient (Wildman–Crippen LogP) is 3.13. The summed E-state index contributed by atoms with van der Waals surface area (Å²) >= 11 is 1.68. The Hall–Kier alpha value is -1.32. The summed E-state index contributed by atoms with van der Waals surface area (Å²) in [6.07, 6.45) is 5.84. The smallest absolute Gasteiger partial charge is 0.259 e. The molecule has 0 aromatic carbocycles. The largest absolute Gasteiger partial charge is 0.389 e. The average molecular weight is 452 g/mol. The first-order chi connectivity index (χ1) is 15.0. The van der Waals surface area contributed by atoms with E-state index in [2.05, 4.69) is 23.7 Å². The molecule has 1 aliphatic rings. The molecular formula is C23H37N3O4S. The van der Waals surface area contributed by atoms with Gasteiger partial charge in [0.2, 0.25) is 0 Å². The minimum absolute atomic E-state index is 0.0305. The van der Waals surface area contributed by atoms with Crippen LogP contribution in [0.5, 0.6) is 0 Å². The zero-order chi connectivity index (χ0) is 22.2. The van der Waals surface area contributed by atoms with E-state index in [1.807, 2.05) is 0 Å². The molecule has 1 atom stereocenters. The number of fused-ring (bicyclic) bond motifs is 3. The van der Waals surface area contributed by atoms with Gasteiger partial charge in [0.05, 0.1) is 24.6 Å². The second-order valence-electron chi connectivity index (χ2n) is 8.92. The molecule has 174 valence electrons. The van der Waals surface area contributed by atoms with Gasteiger partial charge in [0, 0.05) is 38.3 Å². The molecule has 0 saturated carbocycles. The van der Waals surface area contributed by atoms with Crippen LogP contribution in [0.25, 0.3) is 10.2 Å². The molecule has 8 heteroatoms. The van der Waals surface area contributed by atoms with Gasteiger partial charge in [-0.25, -0.2) is 4.98 Å². The predicted molar refractivity (Wildman–Crippen MR) is 125 cm³/mol. The fourth-order valence-corrected chi connectivity index (χ4v) is 5.41. The third-order valence-electron chi connectivity index (χ3n) is 5.55. The van der Waals surface area contributed by atoms with Gasteiger partial charge in [-0.2, -0.15) is 0 Å². The van der Waals surface area contributed by atoms with Gasteiger partial charge in [-0.15, -0.1) is 11.3 Å². The zero-order valence-corrected chi connectivity index (χ0v) is 19.9. The van der Waals surface area contributed by atoms with Crippen molar-refractivity contribution in [1.82, 2.24) is 14.9 Å². The van der Waals surface area contributed by atoms with Crippen molar-refractivity contribution in [2.45, 2.75) is 65.0 Å². The van der Waals surface area contributed by atoms with Gasteiger partial charge in [0.25, 0.3) is 5.56 Å². The summed E-state index contributed by atoms with van der Waals surface area (Å²) in [6.45, 7) is 7.46. The molecule has 0 amide bonds.